The van der Waals surface area contributed by atoms with Crippen LogP contribution in [0.25, 0.3) is 11.0 Å². The van der Waals surface area contributed by atoms with Crippen LogP contribution in [-0.2, 0) is 6.54 Å². The van der Waals surface area contributed by atoms with Gasteiger partial charge in [0.25, 0.3) is 5.91 Å². The molecule has 1 aromatic carbocycles. The van der Waals surface area contributed by atoms with Gasteiger partial charge >= 0.3 is 5.63 Å². The molecule has 0 atom stereocenters. The number of aromatic nitrogens is 1. The van der Waals surface area contributed by atoms with Crippen LogP contribution in [-0.4, -0.2) is 10.9 Å². The summed E-state index contributed by atoms with van der Waals surface area (Å²) < 4.78 is 5.30. The molecule has 0 unspecified atom stereocenters. The van der Waals surface area contributed by atoms with Gasteiger partial charge in [-0.05, 0) is 48.7 Å². The van der Waals surface area contributed by atoms with Gasteiger partial charge in [-0.3, -0.25) is 9.78 Å². The van der Waals surface area contributed by atoms with Crippen molar-refractivity contribution in [2.45, 2.75) is 20.4 Å². The standard InChI is InChI=1S/C18H16N2O3/c1-11-6-12(2)17-15(7-11)14(8-16(21)23-17)10-20-18(22)13-4-3-5-19-9-13/h3-9H,10H2,1-2H3,(H,20,22). The summed E-state index contributed by atoms with van der Waals surface area (Å²) in [5, 5.41) is 3.66. The molecule has 0 saturated heterocycles. The van der Waals surface area contributed by atoms with Crippen molar-refractivity contribution in [2.75, 3.05) is 0 Å². The molecule has 0 bridgehead atoms. The summed E-state index contributed by atoms with van der Waals surface area (Å²) in [4.78, 5) is 27.8. The van der Waals surface area contributed by atoms with E-state index in [1.165, 1.54) is 12.3 Å². The summed E-state index contributed by atoms with van der Waals surface area (Å²) in [7, 11) is 0. The zero-order valence-electron chi connectivity index (χ0n) is 12.9. The SMILES string of the molecule is Cc1cc(C)c2oc(=O)cc(CNC(=O)c3cccnc3)c2c1. The number of carbonyl (C=O) groups is 1. The quantitative estimate of drug-likeness (QED) is 0.755. The number of carbonyl (C=O) groups excluding carboxylic acids is 1. The smallest absolute Gasteiger partial charge is 0.336 e. The molecule has 0 aliphatic rings. The highest BCUT2D eigenvalue weighted by atomic mass is 16.4. The highest BCUT2D eigenvalue weighted by Gasteiger charge is 2.11. The molecule has 5 heteroatoms. The second-order valence-corrected chi connectivity index (χ2v) is 5.47. The highest BCUT2D eigenvalue weighted by Crippen LogP contribution is 2.22. The first kappa shape index (κ1) is 15.0. The Hall–Kier alpha value is -2.95. The van der Waals surface area contributed by atoms with E-state index in [4.69, 9.17) is 4.42 Å². The van der Waals surface area contributed by atoms with Gasteiger partial charge < -0.3 is 9.73 Å². The molecule has 3 rings (SSSR count). The van der Waals surface area contributed by atoms with E-state index < -0.39 is 5.63 Å². The Morgan fingerprint density at radius 1 is 1.26 bits per heavy atom. The van der Waals surface area contributed by atoms with Crippen LogP contribution in [0.1, 0.15) is 27.0 Å². The van der Waals surface area contributed by atoms with Crippen LogP contribution in [0.4, 0.5) is 0 Å². The number of aryl methyl sites for hydroxylation is 2. The Bertz CT molecular complexity index is 930. The molecule has 2 aromatic heterocycles. The Morgan fingerprint density at radius 3 is 2.83 bits per heavy atom. The van der Waals surface area contributed by atoms with Crippen LogP contribution in [0.3, 0.4) is 0 Å². The van der Waals surface area contributed by atoms with E-state index in [9.17, 15) is 9.59 Å². The first-order valence-electron chi connectivity index (χ1n) is 7.27. The normalized spacial score (nSPS) is 10.7. The zero-order chi connectivity index (χ0) is 16.4. The third-order valence-electron chi connectivity index (χ3n) is 3.62. The van der Waals surface area contributed by atoms with Gasteiger partial charge in [0.2, 0.25) is 0 Å². The van der Waals surface area contributed by atoms with E-state index in [0.29, 0.717) is 11.1 Å². The number of nitrogens with one attached hydrogen (secondary N) is 1. The molecule has 1 amide bonds. The Morgan fingerprint density at radius 2 is 2.09 bits per heavy atom. The molecule has 0 spiro atoms. The predicted molar refractivity (Wildman–Crippen MR) is 87.4 cm³/mol. The Balaban J connectivity index is 1.94. The first-order chi connectivity index (χ1) is 11.0. The summed E-state index contributed by atoms with van der Waals surface area (Å²) in [6, 6.07) is 8.73. The van der Waals surface area contributed by atoms with E-state index in [0.717, 1.165) is 22.1 Å². The van der Waals surface area contributed by atoms with Gasteiger partial charge in [-0.2, -0.15) is 0 Å². The van der Waals surface area contributed by atoms with Crippen LogP contribution in [0, 0.1) is 13.8 Å². The highest BCUT2D eigenvalue weighted by molar-refractivity contribution is 5.94. The van der Waals surface area contributed by atoms with Crippen molar-refractivity contribution in [3.8, 4) is 0 Å². The maximum absolute atomic E-state index is 12.1. The van der Waals surface area contributed by atoms with Crippen molar-refractivity contribution in [1.82, 2.24) is 10.3 Å². The summed E-state index contributed by atoms with van der Waals surface area (Å²) in [6.45, 7) is 4.13. The van der Waals surface area contributed by atoms with Crippen LogP contribution in [0.15, 0.2) is 51.9 Å². The molecule has 0 radical (unpaired) electrons. The first-order valence-corrected chi connectivity index (χ1v) is 7.27. The minimum Gasteiger partial charge on any atom is -0.422 e. The van der Waals surface area contributed by atoms with Gasteiger partial charge in [0.15, 0.2) is 0 Å². The van der Waals surface area contributed by atoms with Crippen LogP contribution >= 0.6 is 0 Å². The third-order valence-corrected chi connectivity index (χ3v) is 3.62. The van der Waals surface area contributed by atoms with E-state index in [2.05, 4.69) is 10.3 Å². The van der Waals surface area contributed by atoms with Gasteiger partial charge in [-0.1, -0.05) is 6.07 Å². The molecular formula is C18H16N2O3. The number of nitrogens with zero attached hydrogens (tertiary/aromatic N) is 1. The fourth-order valence-corrected chi connectivity index (χ4v) is 2.60. The van der Waals surface area contributed by atoms with Crippen molar-refractivity contribution in [3.63, 3.8) is 0 Å². The lowest BCUT2D eigenvalue weighted by Gasteiger charge is -2.09. The number of pyridine rings is 1. The maximum Gasteiger partial charge on any atom is 0.336 e. The van der Waals surface area contributed by atoms with Crippen molar-refractivity contribution in [2.24, 2.45) is 0 Å². The average molecular weight is 308 g/mol. The molecule has 5 nitrogen and oxygen atoms in total. The van der Waals surface area contributed by atoms with Crippen molar-refractivity contribution in [3.05, 3.63) is 75.4 Å². The number of hydrogen-bond acceptors (Lipinski definition) is 4. The van der Waals surface area contributed by atoms with Crippen LogP contribution < -0.4 is 10.9 Å². The second kappa shape index (κ2) is 6.04. The lowest BCUT2D eigenvalue weighted by molar-refractivity contribution is 0.0950. The lowest BCUT2D eigenvalue weighted by Crippen LogP contribution is -2.23. The summed E-state index contributed by atoms with van der Waals surface area (Å²) in [6.07, 6.45) is 3.11. The van der Waals surface area contributed by atoms with Crippen LogP contribution in [0.2, 0.25) is 0 Å². The molecule has 2 heterocycles. The minimum absolute atomic E-state index is 0.233. The number of fused-ring (bicyclic) bond motifs is 1. The maximum atomic E-state index is 12.1. The zero-order valence-corrected chi connectivity index (χ0v) is 12.9. The molecule has 0 fully saturated rings. The Kier molecular flexibility index (Phi) is 3.93. The molecule has 0 aliphatic carbocycles. The molecule has 3 aromatic rings. The minimum atomic E-state index is -0.421. The summed E-state index contributed by atoms with van der Waals surface area (Å²) >= 11 is 0. The molecule has 0 saturated carbocycles. The molecule has 116 valence electrons. The van der Waals surface area contributed by atoms with E-state index in [1.807, 2.05) is 26.0 Å². The van der Waals surface area contributed by atoms with Gasteiger partial charge in [0, 0.05) is 30.4 Å². The summed E-state index contributed by atoms with van der Waals surface area (Å²) in [5.74, 6) is -0.233. The Labute approximate surface area is 133 Å². The predicted octanol–water partition coefficient (Wildman–Crippen LogP) is 2.73. The van der Waals surface area contributed by atoms with Gasteiger partial charge in [0.05, 0.1) is 5.56 Å². The molecule has 1 N–H and O–H groups in total. The van der Waals surface area contributed by atoms with Crippen LogP contribution in [0.5, 0.6) is 0 Å². The largest absolute Gasteiger partial charge is 0.422 e. The van der Waals surface area contributed by atoms with Crippen molar-refractivity contribution >= 4 is 16.9 Å². The second-order valence-electron chi connectivity index (χ2n) is 5.47. The summed E-state index contributed by atoms with van der Waals surface area (Å²) in [5.41, 5.74) is 3.33. The van der Waals surface area contributed by atoms with E-state index in [1.54, 1.807) is 18.3 Å². The third kappa shape index (κ3) is 3.13. The van der Waals surface area contributed by atoms with Crippen molar-refractivity contribution in [1.29, 1.82) is 0 Å². The lowest BCUT2D eigenvalue weighted by atomic mass is 10.0. The number of rotatable bonds is 3. The number of benzene rings is 1. The van der Waals surface area contributed by atoms with Crippen molar-refractivity contribution < 1.29 is 9.21 Å². The number of hydrogen-bond donors (Lipinski definition) is 1. The average Bonchev–Trinajstić information content (AvgIpc) is 2.54. The van der Waals surface area contributed by atoms with E-state index >= 15 is 0 Å². The number of amides is 1. The van der Waals surface area contributed by atoms with Gasteiger partial charge in [-0.25, -0.2) is 4.79 Å². The van der Waals surface area contributed by atoms with E-state index in [-0.39, 0.29) is 12.5 Å². The molecule has 0 aliphatic heterocycles. The fraction of sp³-hybridized carbons (Fsp3) is 0.167. The topological polar surface area (TPSA) is 72.2 Å². The fourth-order valence-electron chi connectivity index (χ4n) is 2.60. The monoisotopic (exact) mass is 308 g/mol. The molecule has 23 heavy (non-hydrogen) atoms. The van der Waals surface area contributed by atoms with Gasteiger partial charge in [-0.15, -0.1) is 0 Å². The molecular weight excluding hydrogens is 292 g/mol. The van der Waals surface area contributed by atoms with Gasteiger partial charge in [0.1, 0.15) is 5.58 Å².